The minimum Gasteiger partial charge on any atom is -0.244 e. The van der Waals surface area contributed by atoms with Gasteiger partial charge in [0.15, 0.2) is 0 Å². The van der Waals surface area contributed by atoms with E-state index in [1.165, 1.54) is 32.1 Å². The molecule has 1 aliphatic rings. The SMILES string of the molecule is C1#CCCNNNCCCCCCC1. The molecule has 3 heteroatoms. The van der Waals surface area contributed by atoms with Crippen LogP contribution < -0.4 is 16.4 Å². The van der Waals surface area contributed by atoms with E-state index in [1.807, 2.05) is 0 Å². The first-order valence-electron chi connectivity index (χ1n) is 5.66. The molecule has 1 heterocycles. The van der Waals surface area contributed by atoms with Crippen molar-refractivity contribution in [2.75, 3.05) is 13.1 Å². The molecule has 0 unspecified atom stereocenters. The third-order valence-electron chi connectivity index (χ3n) is 2.28. The zero-order chi connectivity index (χ0) is 9.90. The molecule has 0 aromatic carbocycles. The van der Waals surface area contributed by atoms with Gasteiger partial charge >= 0.3 is 0 Å². The van der Waals surface area contributed by atoms with E-state index in [0.717, 1.165) is 25.9 Å². The topological polar surface area (TPSA) is 36.1 Å². The second kappa shape index (κ2) is 9.01. The zero-order valence-electron chi connectivity index (χ0n) is 8.86. The monoisotopic (exact) mass is 195 g/mol. The van der Waals surface area contributed by atoms with Gasteiger partial charge in [-0.05, 0) is 12.8 Å². The van der Waals surface area contributed by atoms with E-state index < -0.39 is 0 Å². The largest absolute Gasteiger partial charge is 0.244 e. The summed E-state index contributed by atoms with van der Waals surface area (Å²) in [6.45, 7) is 1.94. The van der Waals surface area contributed by atoms with Crippen LogP contribution in [0.4, 0.5) is 0 Å². The van der Waals surface area contributed by atoms with Crippen LogP contribution in [-0.4, -0.2) is 13.1 Å². The Hall–Kier alpha value is -0.560. The molecule has 0 saturated carbocycles. The van der Waals surface area contributed by atoms with Gasteiger partial charge < -0.3 is 0 Å². The molecule has 1 aliphatic heterocycles. The number of hydrogen-bond acceptors (Lipinski definition) is 3. The molecule has 14 heavy (non-hydrogen) atoms. The Balaban J connectivity index is 2.12. The van der Waals surface area contributed by atoms with Crippen molar-refractivity contribution in [2.24, 2.45) is 0 Å². The number of hydrazine groups is 2. The highest BCUT2D eigenvalue weighted by atomic mass is 15.6. The van der Waals surface area contributed by atoms with Crippen LogP contribution in [0.15, 0.2) is 0 Å². The van der Waals surface area contributed by atoms with Crippen LogP contribution in [0.3, 0.4) is 0 Å². The van der Waals surface area contributed by atoms with Crippen LogP contribution in [0, 0.1) is 11.8 Å². The minimum atomic E-state index is 0.903. The average Bonchev–Trinajstić information content (AvgIpc) is 2.22. The van der Waals surface area contributed by atoms with Crippen LogP contribution in [-0.2, 0) is 0 Å². The van der Waals surface area contributed by atoms with E-state index >= 15 is 0 Å². The van der Waals surface area contributed by atoms with Crippen molar-refractivity contribution in [3.8, 4) is 11.8 Å². The summed E-state index contributed by atoms with van der Waals surface area (Å²) < 4.78 is 0. The first-order chi connectivity index (χ1) is 7.00. The van der Waals surface area contributed by atoms with E-state index in [0.29, 0.717) is 0 Å². The number of hydrogen-bond donors (Lipinski definition) is 3. The molecule has 0 amide bonds. The Kier molecular flexibility index (Phi) is 7.41. The second-order valence-corrected chi connectivity index (χ2v) is 3.60. The molecule has 1 rings (SSSR count). The summed E-state index contributed by atoms with van der Waals surface area (Å²) in [7, 11) is 0. The maximum Gasteiger partial charge on any atom is 0.0228 e. The summed E-state index contributed by atoms with van der Waals surface area (Å²) in [5, 5.41) is 0. The molecule has 3 N–H and O–H groups in total. The summed E-state index contributed by atoms with van der Waals surface area (Å²) in [6.07, 6.45) is 8.52. The molecule has 0 radical (unpaired) electrons. The van der Waals surface area contributed by atoms with Crippen LogP contribution in [0.1, 0.15) is 44.9 Å². The summed E-state index contributed by atoms with van der Waals surface area (Å²) >= 11 is 0. The molecule has 0 fully saturated rings. The van der Waals surface area contributed by atoms with E-state index in [4.69, 9.17) is 0 Å². The smallest absolute Gasteiger partial charge is 0.0228 e. The molecule has 0 atom stereocenters. The molecular weight excluding hydrogens is 174 g/mol. The lowest BCUT2D eigenvalue weighted by molar-refractivity contribution is 0.427. The van der Waals surface area contributed by atoms with Gasteiger partial charge in [-0.25, -0.2) is 10.9 Å². The van der Waals surface area contributed by atoms with Gasteiger partial charge in [0.25, 0.3) is 0 Å². The summed E-state index contributed by atoms with van der Waals surface area (Å²) in [6, 6.07) is 0. The van der Waals surface area contributed by atoms with Crippen LogP contribution in [0.2, 0.25) is 0 Å². The Morgan fingerprint density at radius 2 is 1.36 bits per heavy atom. The summed E-state index contributed by atoms with van der Waals surface area (Å²) in [4.78, 5) is 0. The molecule has 0 spiro atoms. The third kappa shape index (κ3) is 6.90. The summed E-state index contributed by atoms with van der Waals surface area (Å²) in [5.41, 5.74) is 9.18. The van der Waals surface area contributed by atoms with Crippen molar-refractivity contribution >= 4 is 0 Å². The van der Waals surface area contributed by atoms with Gasteiger partial charge in [0, 0.05) is 25.9 Å². The van der Waals surface area contributed by atoms with Gasteiger partial charge in [0.2, 0.25) is 0 Å². The van der Waals surface area contributed by atoms with Crippen molar-refractivity contribution in [1.82, 2.24) is 16.4 Å². The minimum absolute atomic E-state index is 0.903. The van der Waals surface area contributed by atoms with Crippen LogP contribution >= 0.6 is 0 Å². The average molecular weight is 195 g/mol. The van der Waals surface area contributed by atoms with Crippen molar-refractivity contribution in [3.63, 3.8) is 0 Å². The van der Waals surface area contributed by atoms with Crippen molar-refractivity contribution < 1.29 is 0 Å². The van der Waals surface area contributed by atoms with Crippen molar-refractivity contribution in [2.45, 2.75) is 44.9 Å². The normalized spacial score (nSPS) is 21.7. The van der Waals surface area contributed by atoms with Gasteiger partial charge in [-0.15, -0.1) is 11.8 Å². The van der Waals surface area contributed by atoms with E-state index in [-0.39, 0.29) is 0 Å². The van der Waals surface area contributed by atoms with Crippen LogP contribution in [0.5, 0.6) is 0 Å². The quantitative estimate of drug-likeness (QED) is 0.510. The Morgan fingerprint density at radius 1 is 0.643 bits per heavy atom. The maximum absolute atomic E-state index is 3.20. The third-order valence-corrected chi connectivity index (χ3v) is 2.28. The van der Waals surface area contributed by atoms with E-state index in [2.05, 4.69) is 28.2 Å². The van der Waals surface area contributed by atoms with Crippen LogP contribution in [0.25, 0.3) is 0 Å². The van der Waals surface area contributed by atoms with Crippen molar-refractivity contribution in [1.29, 1.82) is 0 Å². The second-order valence-electron chi connectivity index (χ2n) is 3.60. The lowest BCUT2D eigenvalue weighted by atomic mass is 10.1. The fourth-order valence-corrected chi connectivity index (χ4v) is 1.45. The predicted molar refractivity (Wildman–Crippen MR) is 59.2 cm³/mol. The molecule has 0 saturated heterocycles. The van der Waals surface area contributed by atoms with Gasteiger partial charge in [0.1, 0.15) is 0 Å². The van der Waals surface area contributed by atoms with E-state index in [9.17, 15) is 0 Å². The molecular formula is C11H21N3. The fraction of sp³-hybridized carbons (Fsp3) is 0.818. The lowest BCUT2D eigenvalue weighted by Crippen LogP contribution is -2.44. The van der Waals surface area contributed by atoms with Gasteiger partial charge in [-0.3, -0.25) is 0 Å². The standard InChI is InChI=1S/C11H21N3/c1-2-4-6-8-10-12-14-13-11-9-7-5-3-1/h12-14H,1-4,6,8-11H2. The van der Waals surface area contributed by atoms with Crippen molar-refractivity contribution in [3.05, 3.63) is 0 Å². The van der Waals surface area contributed by atoms with Gasteiger partial charge in [-0.1, -0.05) is 19.3 Å². The highest BCUT2D eigenvalue weighted by Crippen LogP contribution is 2.04. The predicted octanol–water partition coefficient (Wildman–Crippen LogP) is 1.33. The number of rotatable bonds is 0. The molecule has 0 aliphatic carbocycles. The maximum atomic E-state index is 3.20. The summed E-state index contributed by atoms with van der Waals surface area (Å²) in [5.74, 6) is 6.36. The molecule has 0 aromatic heterocycles. The Bertz CT molecular complexity index is 163. The first-order valence-corrected chi connectivity index (χ1v) is 5.66. The molecule has 80 valence electrons. The van der Waals surface area contributed by atoms with Gasteiger partial charge in [0.05, 0.1) is 0 Å². The Morgan fingerprint density at radius 3 is 2.36 bits per heavy atom. The highest BCUT2D eigenvalue weighted by Gasteiger charge is 1.91. The lowest BCUT2D eigenvalue weighted by Gasteiger charge is -2.07. The Labute approximate surface area is 87.0 Å². The van der Waals surface area contributed by atoms with E-state index in [1.54, 1.807) is 0 Å². The highest BCUT2D eigenvalue weighted by molar-refractivity contribution is 4.98. The number of nitrogens with one attached hydrogen (secondary N) is 3. The molecule has 3 nitrogen and oxygen atoms in total. The molecule has 0 bridgehead atoms. The first kappa shape index (κ1) is 11.5. The zero-order valence-corrected chi connectivity index (χ0v) is 8.86. The van der Waals surface area contributed by atoms with Gasteiger partial charge in [-0.2, -0.15) is 5.53 Å². The fourth-order valence-electron chi connectivity index (χ4n) is 1.45. The molecule has 0 aromatic rings.